The Bertz CT molecular complexity index is 286. The fraction of sp³-hybridized carbons (Fsp3) is 0.846. The Morgan fingerprint density at radius 3 is 2.56 bits per heavy atom. The van der Waals surface area contributed by atoms with Crippen LogP contribution in [0.3, 0.4) is 0 Å². The van der Waals surface area contributed by atoms with Crippen LogP contribution in [0, 0.1) is 11.8 Å². The lowest BCUT2D eigenvalue weighted by Crippen LogP contribution is -2.33. The summed E-state index contributed by atoms with van der Waals surface area (Å²) in [6.07, 6.45) is 3.46. The van der Waals surface area contributed by atoms with Crippen LogP contribution in [0.4, 0.5) is 0 Å². The van der Waals surface area contributed by atoms with Crippen molar-refractivity contribution in [1.82, 2.24) is 10.2 Å². The summed E-state index contributed by atoms with van der Waals surface area (Å²) in [4.78, 5) is 24.4. The molecule has 1 amide bonds. The van der Waals surface area contributed by atoms with E-state index in [1.165, 1.54) is 12.8 Å². The van der Waals surface area contributed by atoms with Gasteiger partial charge >= 0.3 is 5.97 Å². The van der Waals surface area contributed by atoms with E-state index >= 15 is 0 Å². The lowest BCUT2D eigenvalue weighted by atomic mass is 9.94. The molecule has 1 atom stereocenters. The number of nitrogens with one attached hydrogen (secondary N) is 1. The van der Waals surface area contributed by atoms with Crippen molar-refractivity contribution in [3.05, 3.63) is 0 Å². The summed E-state index contributed by atoms with van der Waals surface area (Å²) in [7, 11) is 2.13. The van der Waals surface area contributed by atoms with Gasteiger partial charge in [0, 0.05) is 13.0 Å². The highest BCUT2D eigenvalue weighted by Gasteiger charge is 2.18. The van der Waals surface area contributed by atoms with E-state index in [4.69, 9.17) is 5.11 Å². The third kappa shape index (κ3) is 5.49. The Balaban J connectivity index is 2.10. The van der Waals surface area contributed by atoms with Gasteiger partial charge in [0.1, 0.15) is 0 Å². The monoisotopic (exact) mass is 256 g/mol. The van der Waals surface area contributed by atoms with Crippen molar-refractivity contribution in [3.63, 3.8) is 0 Å². The van der Waals surface area contributed by atoms with Gasteiger partial charge in [-0.1, -0.05) is 6.92 Å². The molecule has 1 heterocycles. The van der Waals surface area contributed by atoms with Gasteiger partial charge in [-0.2, -0.15) is 0 Å². The number of hydrogen-bond acceptors (Lipinski definition) is 3. The molecule has 104 valence electrons. The quantitative estimate of drug-likeness (QED) is 0.742. The van der Waals surface area contributed by atoms with Crippen molar-refractivity contribution in [2.75, 3.05) is 26.7 Å². The Hall–Kier alpha value is -1.10. The Morgan fingerprint density at radius 1 is 1.39 bits per heavy atom. The fourth-order valence-electron chi connectivity index (χ4n) is 2.20. The number of carboxylic acid groups (broad SMARTS) is 1. The summed E-state index contributed by atoms with van der Waals surface area (Å²) < 4.78 is 0. The zero-order valence-corrected chi connectivity index (χ0v) is 11.3. The average Bonchev–Trinajstić information content (AvgIpc) is 2.31. The topological polar surface area (TPSA) is 69.6 Å². The first-order valence-electron chi connectivity index (χ1n) is 6.67. The summed E-state index contributed by atoms with van der Waals surface area (Å²) in [5.41, 5.74) is 0. The number of nitrogens with zero attached hydrogens (tertiary/aromatic N) is 1. The highest BCUT2D eigenvalue weighted by molar-refractivity contribution is 5.81. The number of hydrogen-bond donors (Lipinski definition) is 2. The summed E-state index contributed by atoms with van der Waals surface area (Å²) in [6.45, 7) is 4.49. The van der Waals surface area contributed by atoms with Gasteiger partial charge in [0.25, 0.3) is 0 Å². The lowest BCUT2D eigenvalue weighted by molar-refractivity contribution is -0.143. The maximum absolute atomic E-state index is 11.5. The van der Waals surface area contributed by atoms with Crippen molar-refractivity contribution in [2.45, 2.75) is 32.6 Å². The number of carbonyl (C=O) groups is 2. The minimum Gasteiger partial charge on any atom is -0.481 e. The fourth-order valence-corrected chi connectivity index (χ4v) is 2.20. The van der Waals surface area contributed by atoms with Crippen molar-refractivity contribution in [3.8, 4) is 0 Å². The van der Waals surface area contributed by atoms with Crippen molar-refractivity contribution in [1.29, 1.82) is 0 Å². The van der Waals surface area contributed by atoms with E-state index in [0.717, 1.165) is 19.5 Å². The van der Waals surface area contributed by atoms with E-state index in [0.29, 0.717) is 12.5 Å². The van der Waals surface area contributed by atoms with Crippen LogP contribution in [0.25, 0.3) is 0 Å². The number of likely N-dealkylation sites (tertiary alicyclic amines) is 1. The van der Waals surface area contributed by atoms with Gasteiger partial charge in [-0.05, 0) is 45.3 Å². The predicted octanol–water partition coefficient (Wildman–Crippen LogP) is 0.945. The SMILES string of the molecule is CC(CC(=O)NCCC1CCN(C)CC1)C(=O)O. The molecule has 1 aliphatic rings. The summed E-state index contributed by atoms with van der Waals surface area (Å²) in [5.74, 6) is -0.981. The number of rotatable bonds is 6. The molecule has 0 aromatic rings. The van der Waals surface area contributed by atoms with Crippen LogP contribution in [0.1, 0.15) is 32.6 Å². The third-order valence-corrected chi connectivity index (χ3v) is 3.63. The number of carbonyl (C=O) groups excluding carboxylic acids is 1. The van der Waals surface area contributed by atoms with Gasteiger partial charge in [0.2, 0.25) is 5.91 Å². The molecule has 0 radical (unpaired) electrons. The minimum atomic E-state index is -0.916. The molecule has 0 spiro atoms. The van der Waals surface area contributed by atoms with E-state index in [-0.39, 0.29) is 12.3 Å². The smallest absolute Gasteiger partial charge is 0.306 e. The first-order valence-corrected chi connectivity index (χ1v) is 6.67. The summed E-state index contributed by atoms with van der Waals surface area (Å²) in [6, 6.07) is 0. The molecule has 1 aliphatic heterocycles. The van der Waals surface area contributed by atoms with Gasteiger partial charge in [-0.15, -0.1) is 0 Å². The molecule has 0 bridgehead atoms. The van der Waals surface area contributed by atoms with Gasteiger partial charge in [-0.25, -0.2) is 0 Å². The van der Waals surface area contributed by atoms with Crippen LogP contribution in [-0.2, 0) is 9.59 Å². The molecule has 1 saturated heterocycles. The van der Waals surface area contributed by atoms with E-state index in [9.17, 15) is 9.59 Å². The number of aliphatic carboxylic acids is 1. The van der Waals surface area contributed by atoms with Crippen molar-refractivity contribution in [2.24, 2.45) is 11.8 Å². The molecular formula is C13H24N2O3. The molecule has 1 fully saturated rings. The lowest BCUT2D eigenvalue weighted by Gasteiger charge is -2.28. The Labute approximate surface area is 109 Å². The van der Waals surface area contributed by atoms with Crippen LogP contribution < -0.4 is 5.32 Å². The first kappa shape index (κ1) is 15.0. The highest BCUT2D eigenvalue weighted by atomic mass is 16.4. The molecule has 5 nitrogen and oxygen atoms in total. The van der Waals surface area contributed by atoms with E-state index < -0.39 is 11.9 Å². The zero-order chi connectivity index (χ0) is 13.5. The maximum Gasteiger partial charge on any atom is 0.306 e. The summed E-state index contributed by atoms with van der Waals surface area (Å²) in [5, 5.41) is 11.5. The second kappa shape index (κ2) is 7.36. The minimum absolute atomic E-state index is 0.0722. The largest absolute Gasteiger partial charge is 0.481 e. The number of amides is 1. The average molecular weight is 256 g/mol. The molecule has 1 rings (SSSR count). The second-order valence-corrected chi connectivity index (χ2v) is 5.33. The van der Waals surface area contributed by atoms with Crippen LogP contribution in [-0.4, -0.2) is 48.6 Å². The maximum atomic E-state index is 11.5. The van der Waals surface area contributed by atoms with Gasteiger partial charge in [0.05, 0.1) is 5.92 Å². The normalized spacial score (nSPS) is 19.4. The Kier molecular flexibility index (Phi) is 6.12. The van der Waals surface area contributed by atoms with Crippen LogP contribution in [0.2, 0.25) is 0 Å². The van der Waals surface area contributed by atoms with E-state index in [2.05, 4.69) is 17.3 Å². The molecule has 0 saturated carbocycles. The third-order valence-electron chi connectivity index (χ3n) is 3.63. The molecule has 0 aromatic carbocycles. The molecule has 5 heteroatoms. The van der Waals surface area contributed by atoms with Gasteiger partial charge < -0.3 is 15.3 Å². The number of piperidine rings is 1. The molecule has 0 aromatic heterocycles. The van der Waals surface area contributed by atoms with Crippen LogP contribution in [0.5, 0.6) is 0 Å². The van der Waals surface area contributed by atoms with Crippen LogP contribution >= 0.6 is 0 Å². The molecule has 1 unspecified atom stereocenters. The zero-order valence-electron chi connectivity index (χ0n) is 11.3. The molecule has 18 heavy (non-hydrogen) atoms. The van der Waals surface area contributed by atoms with E-state index in [1.54, 1.807) is 6.92 Å². The molecule has 2 N–H and O–H groups in total. The van der Waals surface area contributed by atoms with E-state index in [1.807, 2.05) is 0 Å². The second-order valence-electron chi connectivity index (χ2n) is 5.33. The standard InChI is InChI=1S/C13H24N2O3/c1-10(13(17)18)9-12(16)14-6-3-11-4-7-15(2)8-5-11/h10-11H,3-9H2,1-2H3,(H,14,16)(H,17,18). The molecule has 0 aliphatic carbocycles. The highest BCUT2D eigenvalue weighted by Crippen LogP contribution is 2.18. The first-order chi connectivity index (χ1) is 8.49. The van der Waals surface area contributed by atoms with Crippen molar-refractivity contribution >= 4 is 11.9 Å². The summed E-state index contributed by atoms with van der Waals surface area (Å²) >= 11 is 0. The Morgan fingerprint density at radius 2 is 2.00 bits per heavy atom. The van der Waals surface area contributed by atoms with Gasteiger partial charge in [-0.3, -0.25) is 9.59 Å². The predicted molar refractivity (Wildman–Crippen MR) is 69.3 cm³/mol. The van der Waals surface area contributed by atoms with Gasteiger partial charge in [0.15, 0.2) is 0 Å². The van der Waals surface area contributed by atoms with Crippen LogP contribution in [0.15, 0.2) is 0 Å². The van der Waals surface area contributed by atoms with Crippen molar-refractivity contribution < 1.29 is 14.7 Å². The number of carboxylic acids is 1. The molecular weight excluding hydrogens is 232 g/mol.